The van der Waals surface area contributed by atoms with Crippen molar-refractivity contribution in [3.8, 4) is 16.9 Å². The van der Waals surface area contributed by atoms with Gasteiger partial charge in [0.05, 0.1) is 19.8 Å². The normalized spacial score (nSPS) is 16.5. The van der Waals surface area contributed by atoms with Gasteiger partial charge in [0.15, 0.2) is 0 Å². The van der Waals surface area contributed by atoms with Gasteiger partial charge in [0.2, 0.25) is 0 Å². The second-order valence-corrected chi connectivity index (χ2v) is 10.3. The van der Waals surface area contributed by atoms with Gasteiger partial charge in [-0.3, -0.25) is 4.79 Å². The van der Waals surface area contributed by atoms with Gasteiger partial charge in [0.25, 0.3) is 5.91 Å². The molecule has 8 nitrogen and oxygen atoms in total. The maximum atomic E-state index is 15.6. The zero-order chi connectivity index (χ0) is 29.4. The lowest BCUT2D eigenvalue weighted by Gasteiger charge is -2.43. The number of amides is 2. The minimum Gasteiger partial charge on any atom is -0.497 e. The van der Waals surface area contributed by atoms with Gasteiger partial charge in [-0.15, -0.1) is 0 Å². The average molecular weight is 564 g/mol. The van der Waals surface area contributed by atoms with E-state index >= 15 is 4.39 Å². The number of rotatable bonds is 10. The monoisotopic (exact) mass is 563 g/mol. The number of hydrogen-bond acceptors (Lipinski definition) is 6. The SMILES string of the molecule is COC(=O)NCCC[C@@](O)(c1cccc(F)c1-c1cccc(OC)c1)[C@@H]1CCCN(C(=O)c2ccc(CN)cc2)C1. The molecule has 0 aliphatic carbocycles. The van der Waals surface area contributed by atoms with Crippen LogP contribution in [-0.4, -0.2) is 55.9 Å². The molecule has 9 heteroatoms. The number of hydrogen-bond donors (Lipinski definition) is 3. The van der Waals surface area contributed by atoms with E-state index in [1.165, 1.54) is 13.2 Å². The Morgan fingerprint density at radius 2 is 1.88 bits per heavy atom. The summed E-state index contributed by atoms with van der Waals surface area (Å²) in [6, 6.07) is 19.0. The van der Waals surface area contributed by atoms with E-state index in [9.17, 15) is 14.7 Å². The van der Waals surface area contributed by atoms with Crippen LogP contribution < -0.4 is 15.8 Å². The number of halogens is 1. The van der Waals surface area contributed by atoms with Crippen molar-refractivity contribution in [1.29, 1.82) is 0 Å². The highest BCUT2D eigenvalue weighted by Gasteiger charge is 2.43. The van der Waals surface area contributed by atoms with Gasteiger partial charge in [0, 0.05) is 43.2 Å². The number of aliphatic hydroxyl groups is 1. The summed E-state index contributed by atoms with van der Waals surface area (Å²) in [4.78, 5) is 26.9. The number of alkyl carbamates (subject to hydrolysis) is 1. The number of carbonyl (C=O) groups excluding carboxylic acids is 2. The molecule has 3 aromatic rings. The number of methoxy groups -OCH3 is 2. The third kappa shape index (κ3) is 6.86. The molecule has 4 N–H and O–H groups in total. The fraction of sp³-hybridized carbons (Fsp3) is 0.375. The van der Waals surface area contributed by atoms with Crippen LogP contribution in [0.3, 0.4) is 0 Å². The first-order valence-corrected chi connectivity index (χ1v) is 13.9. The fourth-order valence-electron chi connectivity index (χ4n) is 5.65. The minimum atomic E-state index is -1.50. The Hall–Kier alpha value is -3.95. The smallest absolute Gasteiger partial charge is 0.406 e. The number of nitrogens with one attached hydrogen (secondary N) is 1. The Labute approximate surface area is 240 Å². The van der Waals surface area contributed by atoms with E-state index in [0.717, 1.165) is 5.56 Å². The summed E-state index contributed by atoms with van der Waals surface area (Å²) in [6.45, 7) is 1.51. The number of nitrogens with two attached hydrogens (primary N) is 1. The maximum Gasteiger partial charge on any atom is 0.406 e. The van der Waals surface area contributed by atoms with E-state index in [0.29, 0.717) is 61.3 Å². The van der Waals surface area contributed by atoms with Gasteiger partial charge in [-0.05, 0) is 72.7 Å². The standard InChI is InChI=1S/C32H38FN3O5/c1-40-26-9-3-7-24(19-26)29-27(10-4-11-28(29)33)32(39,16-6-17-35-31(38)41-2)25-8-5-18-36(21-25)30(37)23-14-12-22(20-34)13-15-23/h3-4,7,9-15,19,25,39H,5-6,8,16-18,20-21,34H2,1-2H3,(H,35,38)/t25-,32+/m1/s1. The van der Waals surface area contributed by atoms with E-state index in [-0.39, 0.29) is 30.4 Å². The molecule has 0 bridgehead atoms. The molecule has 1 aliphatic rings. The number of likely N-dealkylation sites (tertiary alicyclic amines) is 1. The molecule has 4 rings (SSSR count). The van der Waals surface area contributed by atoms with Crippen LogP contribution in [0.1, 0.15) is 47.2 Å². The number of benzene rings is 3. The zero-order valence-corrected chi connectivity index (χ0v) is 23.6. The van der Waals surface area contributed by atoms with Crippen LogP contribution in [0, 0.1) is 11.7 Å². The van der Waals surface area contributed by atoms with Crippen molar-refractivity contribution in [1.82, 2.24) is 10.2 Å². The molecule has 3 aromatic carbocycles. The van der Waals surface area contributed by atoms with Crippen LogP contribution in [0.4, 0.5) is 9.18 Å². The Bertz CT molecular complexity index is 1350. The van der Waals surface area contributed by atoms with Gasteiger partial charge >= 0.3 is 6.09 Å². The average Bonchev–Trinajstić information content (AvgIpc) is 3.02. The summed E-state index contributed by atoms with van der Waals surface area (Å²) >= 11 is 0. The molecule has 0 saturated carbocycles. The molecule has 218 valence electrons. The highest BCUT2D eigenvalue weighted by Crippen LogP contribution is 2.44. The zero-order valence-electron chi connectivity index (χ0n) is 23.6. The highest BCUT2D eigenvalue weighted by molar-refractivity contribution is 5.94. The van der Waals surface area contributed by atoms with Crippen LogP contribution >= 0.6 is 0 Å². The van der Waals surface area contributed by atoms with Gasteiger partial charge in [0.1, 0.15) is 11.6 Å². The molecule has 1 saturated heterocycles. The van der Waals surface area contributed by atoms with Crippen molar-refractivity contribution >= 4 is 12.0 Å². The molecule has 2 amide bonds. The van der Waals surface area contributed by atoms with Gasteiger partial charge in [-0.25, -0.2) is 9.18 Å². The van der Waals surface area contributed by atoms with Crippen LogP contribution in [0.25, 0.3) is 11.1 Å². The van der Waals surface area contributed by atoms with Gasteiger partial charge in [-0.2, -0.15) is 0 Å². The fourth-order valence-corrected chi connectivity index (χ4v) is 5.65. The first-order chi connectivity index (χ1) is 19.8. The molecule has 2 atom stereocenters. The molecule has 0 aromatic heterocycles. The summed E-state index contributed by atoms with van der Waals surface area (Å²) in [7, 11) is 2.83. The molecule has 41 heavy (non-hydrogen) atoms. The van der Waals surface area contributed by atoms with E-state index in [4.69, 9.17) is 10.5 Å². The van der Waals surface area contributed by atoms with Gasteiger partial charge in [-0.1, -0.05) is 36.4 Å². The number of carbonyl (C=O) groups is 2. The highest BCUT2D eigenvalue weighted by atomic mass is 19.1. The summed E-state index contributed by atoms with van der Waals surface area (Å²) in [6.07, 6.45) is 1.40. The summed E-state index contributed by atoms with van der Waals surface area (Å²) in [5.41, 5.74) is 7.00. The van der Waals surface area contributed by atoms with Crippen molar-refractivity contribution in [2.24, 2.45) is 11.7 Å². The second kappa shape index (κ2) is 13.6. The Kier molecular flexibility index (Phi) is 9.96. The lowest BCUT2D eigenvalue weighted by atomic mass is 9.72. The summed E-state index contributed by atoms with van der Waals surface area (Å²) < 4.78 is 25.6. The van der Waals surface area contributed by atoms with Crippen molar-refractivity contribution in [3.05, 3.63) is 89.2 Å². The van der Waals surface area contributed by atoms with Crippen LogP contribution in [-0.2, 0) is 16.9 Å². The van der Waals surface area contributed by atoms with Gasteiger partial charge < -0.3 is 30.5 Å². The molecule has 0 unspecified atom stereocenters. The van der Waals surface area contributed by atoms with Crippen molar-refractivity contribution in [2.45, 2.75) is 37.8 Å². The predicted octanol–water partition coefficient (Wildman–Crippen LogP) is 4.84. The lowest BCUT2D eigenvalue weighted by Crippen LogP contribution is -2.48. The molecule has 1 aliphatic heterocycles. The van der Waals surface area contributed by atoms with Crippen molar-refractivity contribution in [2.75, 3.05) is 33.9 Å². The Balaban J connectivity index is 1.70. The van der Waals surface area contributed by atoms with E-state index < -0.39 is 17.5 Å². The largest absolute Gasteiger partial charge is 0.497 e. The molecule has 0 radical (unpaired) electrons. The molecule has 1 heterocycles. The quantitative estimate of drug-likeness (QED) is 0.304. The van der Waals surface area contributed by atoms with E-state index in [1.807, 2.05) is 12.1 Å². The van der Waals surface area contributed by atoms with Crippen molar-refractivity contribution < 1.29 is 28.6 Å². The number of piperidine rings is 1. The van der Waals surface area contributed by atoms with E-state index in [1.54, 1.807) is 60.5 Å². The predicted molar refractivity (Wildman–Crippen MR) is 155 cm³/mol. The molecule has 1 fully saturated rings. The van der Waals surface area contributed by atoms with Crippen LogP contribution in [0.5, 0.6) is 5.75 Å². The third-order valence-electron chi connectivity index (χ3n) is 7.85. The number of ether oxygens (including phenoxy) is 2. The third-order valence-corrected chi connectivity index (χ3v) is 7.85. The van der Waals surface area contributed by atoms with Crippen LogP contribution in [0.15, 0.2) is 66.7 Å². The second-order valence-electron chi connectivity index (χ2n) is 10.3. The summed E-state index contributed by atoms with van der Waals surface area (Å²) in [5, 5.41) is 15.2. The molecular weight excluding hydrogens is 525 g/mol. The van der Waals surface area contributed by atoms with Crippen LogP contribution in [0.2, 0.25) is 0 Å². The first-order valence-electron chi connectivity index (χ1n) is 13.9. The molecular formula is C32H38FN3O5. The maximum absolute atomic E-state index is 15.6. The Morgan fingerprint density at radius 3 is 2.59 bits per heavy atom. The topological polar surface area (TPSA) is 114 Å². The van der Waals surface area contributed by atoms with Crippen molar-refractivity contribution in [3.63, 3.8) is 0 Å². The first kappa shape index (κ1) is 30.0. The summed E-state index contributed by atoms with van der Waals surface area (Å²) in [5.74, 6) is -0.406. The Morgan fingerprint density at radius 1 is 1.12 bits per heavy atom. The van der Waals surface area contributed by atoms with E-state index in [2.05, 4.69) is 10.1 Å². The number of nitrogens with zero attached hydrogens (tertiary/aromatic N) is 1. The lowest BCUT2D eigenvalue weighted by molar-refractivity contribution is -0.0564. The minimum absolute atomic E-state index is 0.125. The molecule has 0 spiro atoms.